The summed E-state index contributed by atoms with van der Waals surface area (Å²) in [4.78, 5) is 0. The molecule has 126 valence electrons. The summed E-state index contributed by atoms with van der Waals surface area (Å²) in [6.45, 7) is 0. The Balaban J connectivity index is 2.49. The first-order valence-corrected chi connectivity index (χ1v) is 7.32. The second-order valence-corrected chi connectivity index (χ2v) is 6.25. The zero-order valence-corrected chi connectivity index (χ0v) is 13.4. The van der Waals surface area contributed by atoms with Crippen molar-refractivity contribution in [2.75, 3.05) is 0 Å². The topological polar surface area (TPSA) is 17.8 Å². The SMILES string of the molecule is Cn1nc(-c2c(Cl)cc(C(F)(F)F)cc2Cl)cc1SC(F)(F)F. The maximum Gasteiger partial charge on any atom is 0.447 e. The van der Waals surface area contributed by atoms with Crippen molar-refractivity contribution in [3.8, 4) is 11.3 Å². The Bertz CT molecular complexity index is 715. The second-order valence-electron chi connectivity index (χ2n) is 4.35. The minimum atomic E-state index is -4.65. The molecule has 0 fully saturated rings. The molecule has 1 aromatic heterocycles. The lowest BCUT2D eigenvalue weighted by Crippen LogP contribution is -2.05. The Morgan fingerprint density at radius 2 is 1.52 bits per heavy atom. The van der Waals surface area contributed by atoms with Gasteiger partial charge in [-0.25, -0.2) is 0 Å². The van der Waals surface area contributed by atoms with Crippen LogP contribution in [0.25, 0.3) is 11.3 Å². The number of hydrogen-bond donors (Lipinski definition) is 0. The van der Waals surface area contributed by atoms with Crippen LogP contribution in [0.1, 0.15) is 5.56 Å². The van der Waals surface area contributed by atoms with Gasteiger partial charge in [0.15, 0.2) is 0 Å². The molecule has 0 bridgehead atoms. The first-order valence-electron chi connectivity index (χ1n) is 5.75. The van der Waals surface area contributed by atoms with E-state index in [1.165, 1.54) is 7.05 Å². The highest BCUT2D eigenvalue weighted by Crippen LogP contribution is 2.42. The van der Waals surface area contributed by atoms with Gasteiger partial charge in [0.05, 0.1) is 21.3 Å². The second kappa shape index (κ2) is 6.10. The Labute approximate surface area is 140 Å². The van der Waals surface area contributed by atoms with E-state index in [1.807, 2.05) is 0 Å². The van der Waals surface area contributed by atoms with Gasteiger partial charge in [0.2, 0.25) is 0 Å². The van der Waals surface area contributed by atoms with Crippen LogP contribution in [0.4, 0.5) is 26.3 Å². The monoisotopic (exact) mass is 394 g/mol. The molecule has 0 amide bonds. The summed E-state index contributed by atoms with van der Waals surface area (Å²) in [6, 6.07) is 2.35. The van der Waals surface area contributed by atoms with Crippen molar-refractivity contribution in [3.63, 3.8) is 0 Å². The van der Waals surface area contributed by atoms with Crippen LogP contribution in [-0.4, -0.2) is 15.3 Å². The van der Waals surface area contributed by atoms with Crippen LogP contribution < -0.4 is 0 Å². The van der Waals surface area contributed by atoms with Crippen molar-refractivity contribution < 1.29 is 26.3 Å². The lowest BCUT2D eigenvalue weighted by atomic mass is 10.1. The Kier molecular flexibility index (Phi) is 4.85. The van der Waals surface area contributed by atoms with Crippen molar-refractivity contribution in [2.45, 2.75) is 16.7 Å². The summed E-state index contributed by atoms with van der Waals surface area (Å²) in [5.74, 6) is 0. The lowest BCUT2D eigenvalue weighted by molar-refractivity contribution is -0.137. The van der Waals surface area contributed by atoms with E-state index < -0.39 is 29.0 Å². The van der Waals surface area contributed by atoms with Gasteiger partial charge in [0.25, 0.3) is 0 Å². The molecule has 0 saturated carbocycles. The summed E-state index contributed by atoms with van der Waals surface area (Å²) < 4.78 is 76.2. The molecule has 0 aliphatic carbocycles. The summed E-state index contributed by atoms with van der Waals surface area (Å²) in [5, 5.41) is 2.86. The molecular weight excluding hydrogens is 389 g/mol. The highest BCUT2D eigenvalue weighted by molar-refractivity contribution is 8.00. The van der Waals surface area contributed by atoms with Crippen molar-refractivity contribution in [2.24, 2.45) is 7.05 Å². The van der Waals surface area contributed by atoms with E-state index in [1.54, 1.807) is 0 Å². The van der Waals surface area contributed by atoms with Crippen LogP contribution in [-0.2, 0) is 13.2 Å². The average Bonchev–Trinajstić information content (AvgIpc) is 2.66. The fourth-order valence-electron chi connectivity index (χ4n) is 1.77. The summed E-state index contributed by atoms with van der Waals surface area (Å²) in [6.07, 6.45) is -4.65. The predicted octanol–water partition coefficient (Wildman–Crippen LogP) is 6.02. The molecule has 0 spiro atoms. The molecule has 0 atom stereocenters. The molecule has 23 heavy (non-hydrogen) atoms. The van der Waals surface area contributed by atoms with Crippen LogP contribution in [0.3, 0.4) is 0 Å². The van der Waals surface area contributed by atoms with Gasteiger partial charge in [-0.05, 0) is 18.2 Å². The molecule has 2 nitrogen and oxygen atoms in total. The van der Waals surface area contributed by atoms with Crippen molar-refractivity contribution in [1.29, 1.82) is 0 Å². The van der Waals surface area contributed by atoms with Gasteiger partial charge in [0.1, 0.15) is 5.03 Å². The molecule has 11 heteroatoms. The van der Waals surface area contributed by atoms with Gasteiger partial charge in [-0.3, -0.25) is 4.68 Å². The van der Waals surface area contributed by atoms with Gasteiger partial charge in [-0.2, -0.15) is 31.4 Å². The largest absolute Gasteiger partial charge is 0.447 e. The van der Waals surface area contributed by atoms with E-state index >= 15 is 0 Å². The number of aryl methyl sites for hydroxylation is 1. The van der Waals surface area contributed by atoms with Crippen LogP contribution >= 0.6 is 35.0 Å². The predicted molar refractivity (Wildman–Crippen MR) is 75.6 cm³/mol. The van der Waals surface area contributed by atoms with Crippen molar-refractivity contribution >= 4 is 35.0 Å². The number of aromatic nitrogens is 2. The molecule has 1 heterocycles. The third-order valence-corrected chi connectivity index (χ3v) is 4.10. The van der Waals surface area contributed by atoms with E-state index in [0.29, 0.717) is 12.1 Å². The van der Waals surface area contributed by atoms with E-state index in [-0.39, 0.29) is 26.3 Å². The van der Waals surface area contributed by atoms with Gasteiger partial charge < -0.3 is 0 Å². The van der Waals surface area contributed by atoms with E-state index in [4.69, 9.17) is 23.2 Å². The molecule has 0 saturated heterocycles. The first kappa shape index (κ1) is 18.3. The number of rotatable bonds is 2. The maximum absolute atomic E-state index is 12.7. The standard InChI is InChI=1S/C12H6Cl2F6N2S/c1-22-9(23-12(18,19)20)4-8(21-22)10-6(13)2-5(3-7(10)14)11(15,16)17/h2-4H,1H3. The van der Waals surface area contributed by atoms with Crippen molar-refractivity contribution in [1.82, 2.24) is 9.78 Å². The lowest BCUT2D eigenvalue weighted by Gasteiger charge is -2.10. The van der Waals surface area contributed by atoms with Crippen LogP contribution in [0.5, 0.6) is 0 Å². The van der Waals surface area contributed by atoms with Gasteiger partial charge in [-0.15, -0.1) is 0 Å². The molecular formula is C12H6Cl2F6N2S. The third kappa shape index (κ3) is 4.27. The third-order valence-electron chi connectivity index (χ3n) is 2.68. The number of nitrogens with zero attached hydrogens (tertiary/aromatic N) is 2. The summed E-state index contributed by atoms with van der Waals surface area (Å²) >= 11 is 11.2. The smallest absolute Gasteiger partial charge is 0.261 e. The average molecular weight is 395 g/mol. The fraction of sp³-hybridized carbons (Fsp3) is 0.250. The van der Waals surface area contributed by atoms with E-state index in [0.717, 1.165) is 10.7 Å². The zero-order chi connectivity index (χ0) is 17.6. The molecule has 0 N–H and O–H groups in total. The van der Waals surface area contributed by atoms with Crippen LogP contribution in [0, 0.1) is 0 Å². The molecule has 1 aromatic carbocycles. The number of halogens is 8. The molecule has 2 aromatic rings. The Morgan fingerprint density at radius 3 is 1.96 bits per heavy atom. The van der Waals surface area contributed by atoms with Gasteiger partial charge in [0, 0.05) is 24.4 Å². The van der Waals surface area contributed by atoms with E-state index in [9.17, 15) is 26.3 Å². The van der Waals surface area contributed by atoms with Gasteiger partial charge in [-0.1, -0.05) is 23.2 Å². The minimum absolute atomic E-state index is 0.0528. The van der Waals surface area contributed by atoms with Crippen molar-refractivity contribution in [3.05, 3.63) is 33.8 Å². The molecule has 2 rings (SSSR count). The molecule has 0 radical (unpaired) electrons. The summed E-state index contributed by atoms with van der Waals surface area (Å²) in [5.41, 5.74) is -5.70. The minimum Gasteiger partial charge on any atom is -0.261 e. The molecule has 0 aliphatic heterocycles. The van der Waals surface area contributed by atoms with Crippen LogP contribution in [0.15, 0.2) is 23.2 Å². The molecule has 0 aliphatic rings. The number of thioether (sulfide) groups is 1. The maximum atomic E-state index is 12.7. The number of alkyl halides is 6. The summed E-state index contributed by atoms with van der Waals surface area (Å²) in [7, 11) is 1.27. The Morgan fingerprint density at radius 1 is 1.00 bits per heavy atom. The highest BCUT2D eigenvalue weighted by Gasteiger charge is 2.33. The highest BCUT2D eigenvalue weighted by atomic mass is 35.5. The number of hydrogen-bond acceptors (Lipinski definition) is 2. The quantitative estimate of drug-likeness (QED) is 0.457. The van der Waals surface area contributed by atoms with Gasteiger partial charge >= 0.3 is 11.7 Å². The fourth-order valence-corrected chi connectivity index (χ4v) is 3.03. The van der Waals surface area contributed by atoms with E-state index in [2.05, 4.69) is 5.10 Å². The first-order chi connectivity index (χ1) is 10.4. The molecule has 0 unspecified atom stereocenters. The van der Waals surface area contributed by atoms with Crippen LogP contribution in [0.2, 0.25) is 10.0 Å². The normalized spacial score (nSPS) is 12.7. The zero-order valence-electron chi connectivity index (χ0n) is 11.1. The Hall–Kier alpha value is -1.06. The number of benzene rings is 1.